The molecule has 0 bridgehead atoms. The van der Waals surface area contributed by atoms with Gasteiger partial charge in [0.2, 0.25) is 5.95 Å². The summed E-state index contributed by atoms with van der Waals surface area (Å²) in [5.41, 5.74) is 1.04. The van der Waals surface area contributed by atoms with Gasteiger partial charge in [-0.1, -0.05) is 18.2 Å². The predicted octanol–water partition coefficient (Wildman–Crippen LogP) is 3.14. The van der Waals surface area contributed by atoms with Crippen molar-refractivity contribution in [3.63, 3.8) is 0 Å². The van der Waals surface area contributed by atoms with Gasteiger partial charge in [0.05, 0.1) is 23.6 Å². The second-order valence-corrected chi connectivity index (χ2v) is 9.24. The molecule has 2 N–H and O–H groups in total. The van der Waals surface area contributed by atoms with E-state index in [4.69, 9.17) is 9.72 Å². The third-order valence-electron chi connectivity index (χ3n) is 5.55. The first-order valence-corrected chi connectivity index (χ1v) is 11.1. The molecule has 1 aliphatic heterocycles. The molecule has 1 amide bonds. The molecular formula is C24H28N6O3. The molecule has 0 aliphatic carbocycles. The van der Waals surface area contributed by atoms with Gasteiger partial charge in [-0.2, -0.15) is 10.2 Å². The van der Waals surface area contributed by atoms with Gasteiger partial charge in [-0.25, -0.2) is 4.79 Å². The van der Waals surface area contributed by atoms with Crippen LogP contribution in [0.2, 0.25) is 0 Å². The van der Waals surface area contributed by atoms with Crippen molar-refractivity contribution in [1.29, 1.82) is 5.26 Å². The van der Waals surface area contributed by atoms with E-state index in [1.54, 1.807) is 29.0 Å². The molecule has 33 heavy (non-hydrogen) atoms. The van der Waals surface area contributed by atoms with Crippen LogP contribution in [0.25, 0.3) is 11.0 Å². The van der Waals surface area contributed by atoms with E-state index >= 15 is 0 Å². The molecule has 2 aromatic heterocycles. The van der Waals surface area contributed by atoms with E-state index in [1.807, 2.05) is 37.8 Å². The molecule has 9 heteroatoms. The number of carbonyl (C=O) groups is 1. The Morgan fingerprint density at radius 3 is 2.88 bits per heavy atom. The molecule has 4 rings (SSSR count). The van der Waals surface area contributed by atoms with Crippen LogP contribution in [0.4, 0.5) is 10.7 Å². The molecule has 1 saturated heterocycles. The maximum Gasteiger partial charge on any atom is 0.407 e. The Hall–Kier alpha value is -3.80. The molecule has 9 nitrogen and oxygen atoms in total. The molecule has 1 aliphatic rings. The number of rotatable bonds is 4. The maximum atomic E-state index is 13.4. The van der Waals surface area contributed by atoms with Crippen molar-refractivity contribution in [2.45, 2.75) is 51.8 Å². The lowest BCUT2D eigenvalue weighted by Gasteiger charge is -2.35. The Kier molecular flexibility index (Phi) is 6.09. The Labute approximate surface area is 192 Å². The normalized spacial score (nSPS) is 16.4. The number of piperidine rings is 1. The molecule has 0 spiro atoms. The summed E-state index contributed by atoms with van der Waals surface area (Å²) in [5.74, 6) is 0.512. The zero-order valence-corrected chi connectivity index (χ0v) is 19.1. The first-order valence-electron chi connectivity index (χ1n) is 11.1. The zero-order chi connectivity index (χ0) is 23.6. The highest BCUT2D eigenvalue weighted by molar-refractivity contribution is 5.75. The molecule has 3 heterocycles. The average Bonchev–Trinajstić information content (AvgIpc) is 3.24. The van der Waals surface area contributed by atoms with Gasteiger partial charge in [-0.05, 0) is 51.3 Å². The molecule has 172 valence electrons. The van der Waals surface area contributed by atoms with Crippen LogP contribution in [-0.2, 0) is 11.3 Å². The fourth-order valence-corrected chi connectivity index (χ4v) is 4.09. The van der Waals surface area contributed by atoms with Crippen LogP contribution in [0.15, 0.2) is 41.3 Å². The molecule has 0 saturated carbocycles. The van der Waals surface area contributed by atoms with E-state index in [-0.39, 0.29) is 18.1 Å². The van der Waals surface area contributed by atoms with Crippen molar-refractivity contribution >= 4 is 23.1 Å². The predicted molar refractivity (Wildman–Crippen MR) is 125 cm³/mol. The van der Waals surface area contributed by atoms with Gasteiger partial charge < -0.3 is 19.9 Å². The second-order valence-electron chi connectivity index (χ2n) is 9.24. The van der Waals surface area contributed by atoms with Crippen molar-refractivity contribution in [2.75, 3.05) is 18.0 Å². The van der Waals surface area contributed by atoms with E-state index in [2.05, 4.69) is 16.4 Å². The van der Waals surface area contributed by atoms with Crippen LogP contribution in [0, 0.1) is 11.3 Å². The summed E-state index contributed by atoms with van der Waals surface area (Å²) in [4.78, 5) is 35.5. The second kappa shape index (κ2) is 8.98. The van der Waals surface area contributed by atoms with Crippen molar-refractivity contribution in [2.24, 2.45) is 0 Å². The lowest BCUT2D eigenvalue weighted by atomic mass is 10.1. The maximum absolute atomic E-state index is 13.4. The highest BCUT2D eigenvalue weighted by Crippen LogP contribution is 2.21. The van der Waals surface area contributed by atoms with E-state index < -0.39 is 11.7 Å². The van der Waals surface area contributed by atoms with Gasteiger partial charge in [0.25, 0.3) is 5.56 Å². The van der Waals surface area contributed by atoms with Gasteiger partial charge in [-0.15, -0.1) is 0 Å². The SMILES string of the molecule is CC(C)(C)OC(=O)N[C@@H]1CCCN(c2nc3[nH]ccc3c(=O)n2Cc2ccccc2C#N)C1. The van der Waals surface area contributed by atoms with Gasteiger partial charge in [0.1, 0.15) is 11.2 Å². The van der Waals surface area contributed by atoms with Crippen molar-refractivity contribution in [3.05, 3.63) is 58.0 Å². The first kappa shape index (κ1) is 22.4. The van der Waals surface area contributed by atoms with Crippen LogP contribution < -0.4 is 15.8 Å². The monoisotopic (exact) mass is 448 g/mol. The fraction of sp³-hybridized carbons (Fsp3) is 0.417. The standard InChI is InChI=1S/C24H28N6O3/c1-24(2,3)33-23(32)27-18-9-6-12-29(15-18)22-28-20-19(10-11-26-20)21(31)30(22)14-17-8-5-4-7-16(17)13-25/h4-5,7-8,10-11,18,26H,6,9,12,14-15H2,1-3H3,(H,27,32)/t18-/m1/s1. The van der Waals surface area contributed by atoms with Gasteiger partial charge >= 0.3 is 6.09 Å². The number of fused-ring (bicyclic) bond motifs is 1. The van der Waals surface area contributed by atoms with Crippen molar-refractivity contribution in [1.82, 2.24) is 19.9 Å². The zero-order valence-electron chi connectivity index (χ0n) is 19.1. The lowest BCUT2D eigenvalue weighted by molar-refractivity contribution is 0.0499. The highest BCUT2D eigenvalue weighted by Gasteiger charge is 2.27. The topological polar surface area (TPSA) is 116 Å². The van der Waals surface area contributed by atoms with Crippen LogP contribution in [0.3, 0.4) is 0 Å². The summed E-state index contributed by atoms with van der Waals surface area (Å²) in [6, 6.07) is 11.0. The number of H-pyrrole nitrogens is 1. The number of carbonyl (C=O) groups excluding carboxylic acids is 1. The lowest BCUT2D eigenvalue weighted by Crippen LogP contribution is -2.50. The third kappa shape index (κ3) is 5.00. The van der Waals surface area contributed by atoms with E-state index in [1.165, 1.54) is 0 Å². The smallest absolute Gasteiger partial charge is 0.407 e. The minimum Gasteiger partial charge on any atom is -0.444 e. The summed E-state index contributed by atoms with van der Waals surface area (Å²) in [6.07, 6.45) is 2.87. The summed E-state index contributed by atoms with van der Waals surface area (Å²) in [7, 11) is 0. The number of nitriles is 1. The first-order chi connectivity index (χ1) is 15.7. The number of hydrogen-bond donors (Lipinski definition) is 2. The number of amides is 1. The van der Waals surface area contributed by atoms with E-state index in [0.717, 1.165) is 18.4 Å². The fourth-order valence-electron chi connectivity index (χ4n) is 4.09. The quantitative estimate of drug-likeness (QED) is 0.633. The summed E-state index contributed by atoms with van der Waals surface area (Å²) in [5, 5.41) is 12.9. The average molecular weight is 449 g/mol. The van der Waals surface area contributed by atoms with Gasteiger partial charge in [-0.3, -0.25) is 9.36 Å². The third-order valence-corrected chi connectivity index (χ3v) is 5.55. The molecule has 0 radical (unpaired) electrons. The Morgan fingerprint density at radius 2 is 2.12 bits per heavy atom. The minimum absolute atomic E-state index is 0.135. The molecule has 3 aromatic rings. The molecule has 1 aromatic carbocycles. The molecule has 1 atom stereocenters. The van der Waals surface area contributed by atoms with Crippen molar-refractivity contribution < 1.29 is 9.53 Å². The molecule has 1 fully saturated rings. The number of aromatic nitrogens is 3. The number of alkyl carbamates (subject to hydrolysis) is 1. The van der Waals surface area contributed by atoms with E-state index in [9.17, 15) is 14.9 Å². The molecular weight excluding hydrogens is 420 g/mol. The summed E-state index contributed by atoms with van der Waals surface area (Å²) in [6.45, 7) is 6.91. The number of aromatic amines is 1. The number of ether oxygens (including phenoxy) is 1. The Bertz CT molecular complexity index is 1260. The summed E-state index contributed by atoms with van der Waals surface area (Å²) < 4.78 is 7.01. The Morgan fingerprint density at radius 1 is 1.33 bits per heavy atom. The van der Waals surface area contributed by atoms with Crippen LogP contribution in [-0.4, -0.2) is 45.4 Å². The highest BCUT2D eigenvalue weighted by atomic mass is 16.6. The number of hydrogen-bond acceptors (Lipinski definition) is 6. The number of nitrogens with zero attached hydrogens (tertiary/aromatic N) is 4. The number of anilines is 1. The van der Waals surface area contributed by atoms with Gasteiger partial charge in [0.15, 0.2) is 0 Å². The van der Waals surface area contributed by atoms with Crippen LogP contribution in [0.5, 0.6) is 0 Å². The summed E-state index contributed by atoms with van der Waals surface area (Å²) >= 11 is 0. The minimum atomic E-state index is -0.576. The number of nitrogens with one attached hydrogen (secondary N) is 2. The van der Waals surface area contributed by atoms with Crippen molar-refractivity contribution in [3.8, 4) is 6.07 Å². The number of benzene rings is 1. The van der Waals surface area contributed by atoms with Crippen LogP contribution >= 0.6 is 0 Å². The molecule has 0 unspecified atom stereocenters. The van der Waals surface area contributed by atoms with E-state index in [0.29, 0.717) is 35.6 Å². The largest absolute Gasteiger partial charge is 0.444 e. The van der Waals surface area contributed by atoms with Gasteiger partial charge in [0, 0.05) is 25.3 Å². The Balaban J connectivity index is 1.66. The van der Waals surface area contributed by atoms with Crippen LogP contribution in [0.1, 0.15) is 44.7 Å².